The van der Waals surface area contributed by atoms with Gasteiger partial charge in [-0.1, -0.05) is 0 Å². The number of hydrogen-bond donors (Lipinski definition) is 2. The smallest absolute Gasteiger partial charge is 0.335 e. The first-order valence-electron chi connectivity index (χ1n) is 7.06. The highest BCUT2D eigenvalue weighted by atomic mass is 32.2. The standard InChI is InChI=1S/C17H19NO4S/c1-17(2,3)18-13-6-10-15(11-7-13)23(21,22)14-8-4-12(5-9-14)16(19)20/h4-11,18H,1-3H3,(H,19,20). The maximum Gasteiger partial charge on any atom is 0.335 e. The van der Waals surface area contributed by atoms with Crippen LogP contribution in [0.15, 0.2) is 58.3 Å². The molecular formula is C17H19NO4S. The molecule has 0 saturated heterocycles. The average Bonchev–Trinajstić information content (AvgIpc) is 2.46. The molecule has 0 radical (unpaired) electrons. The zero-order valence-electron chi connectivity index (χ0n) is 13.2. The van der Waals surface area contributed by atoms with Crippen molar-refractivity contribution < 1.29 is 18.3 Å². The lowest BCUT2D eigenvalue weighted by Gasteiger charge is -2.22. The van der Waals surface area contributed by atoms with Crippen LogP contribution in [0, 0.1) is 0 Å². The summed E-state index contributed by atoms with van der Waals surface area (Å²) in [6.07, 6.45) is 0. The number of sulfone groups is 1. The summed E-state index contributed by atoms with van der Waals surface area (Å²) in [5, 5.41) is 12.1. The topological polar surface area (TPSA) is 83.5 Å². The number of nitrogens with one attached hydrogen (secondary N) is 1. The number of rotatable bonds is 4. The van der Waals surface area contributed by atoms with Crippen LogP contribution in [0.1, 0.15) is 31.1 Å². The second kappa shape index (κ2) is 6.04. The third-order valence-corrected chi connectivity index (χ3v) is 4.88. The molecule has 2 aromatic carbocycles. The second-order valence-electron chi connectivity index (χ2n) is 6.23. The predicted octanol–water partition coefficient (Wildman–Crippen LogP) is 3.43. The molecule has 0 aliphatic carbocycles. The summed E-state index contributed by atoms with van der Waals surface area (Å²) in [5.74, 6) is -1.09. The minimum Gasteiger partial charge on any atom is -0.478 e. The Morgan fingerprint density at radius 1 is 0.913 bits per heavy atom. The van der Waals surface area contributed by atoms with Gasteiger partial charge in [0.15, 0.2) is 0 Å². The minimum atomic E-state index is -3.66. The molecule has 0 aliphatic rings. The zero-order valence-corrected chi connectivity index (χ0v) is 14.0. The van der Waals surface area contributed by atoms with E-state index in [0.29, 0.717) is 0 Å². The van der Waals surface area contributed by atoms with Gasteiger partial charge in [0, 0.05) is 11.2 Å². The van der Waals surface area contributed by atoms with Crippen molar-refractivity contribution in [1.29, 1.82) is 0 Å². The minimum absolute atomic E-state index is 0.0497. The van der Waals surface area contributed by atoms with Gasteiger partial charge in [-0.3, -0.25) is 0 Å². The Balaban J connectivity index is 2.30. The molecule has 122 valence electrons. The van der Waals surface area contributed by atoms with Crippen LogP contribution in [0.2, 0.25) is 0 Å². The third-order valence-electron chi connectivity index (χ3n) is 3.10. The van der Waals surface area contributed by atoms with E-state index in [1.165, 1.54) is 36.4 Å². The summed E-state index contributed by atoms with van der Waals surface area (Å²) in [4.78, 5) is 11.1. The van der Waals surface area contributed by atoms with Crippen LogP contribution in [0.5, 0.6) is 0 Å². The highest BCUT2D eigenvalue weighted by Gasteiger charge is 2.18. The lowest BCUT2D eigenvalue weighted by atomic mass is 10.1. The SMILES string of the molecule is CC(C)(C)Nc1ccc(S(=O)(=O)c2ccc(C(=O)O)cc2)cc1. The van der Waals surface area contributed by atoms with Gasteiger partial charge in [-0.05, 0) is 69.3 Å². The summed E-state index contributed by atoms with van der Waals surface area (Å²) >= 11 is 0. The van der Waals surface area contributed by atoms with E-state index in [2.05, 4.69) is 5.32 Å². The Bertz CT molecular complexity index is 801. The lowest BCUT2D eigenvalue weighted by molar-refractivity contribution is 0.0696. The highest BCUT2D eigenvalue weighted by Crippen LogP contribution is 2.23. The molecule has 2 aromatic rings. The summed E-state index contributed by atoms with van der Waals surface area (Å²) < 4.78 is 25.1. The van der Waals surface area contributed by atoms with Crippen molar-refractivity contribution in [1.82, 2.24) is 0 Å². The molecule has 6 heteroatoms. The normalized spacial score (nSPS) is 12.0. The molecule has 0 unspecified atom stereocenters. The zero-order chi connectivity index (χ0) is 17.3. The molecule has 0 aromatic heterocycles. The molecule has 0 spiro atoms. The highest BCUT2D eigenvalue weighted by molar-refractivity contribution is 7.91. The van der Waals surface area contributed by atoms with Crippen molar-refractivity contribution in [3.05, 3.63) is 54.1 Å². The summed E-state index contributed by atoms with van der Waals surface area (Å²) in [6, 6.07) is 11.7. The van der Waals surface area contributed by atoms with Gasteiger partial charge < -0.3 is 10.4 Å². The maximum absolute atomic E-state index is 12.5. The van der Waals surface area contributed by atoms with Gasteiger partial charge >= 0.3 is 5.97 Å². The number of hydrogen-bond acceptors (Lipinski definition) is 4. The van der Waals surface area contributed by atoms with E-state index in [9.17, 15) is 13.2 Å². The lowest BCUT2D eigenvalue weighted by Crippen LogP contribution is -2.25. The molecule has 5 nitrogen and oxygen atoms in total. The van der Waals surface area contributed by atoms with E-state index in [1.54, 1.807) is 12.1 Å². The van der Waals surface area contributed by atoms with Gasteiger partial charge in [0.1, 0.15) is 0 Å². The van der Waals surface area contributed by atoms with E-state index in [1.807, 2.05) is 20.8 Å². The van der Waals surface area contributed by atoms with Gasteiger partial charge in [-0.25, -0.2) is 13.2 Å². The molecule has 0 saturated carbocycles. The molecule has 0 atom stereocenters. The number of benzene rings is 2. The predicted molar refractivity (Wildman–Crippen MR) is 88.7 cm³/mol. The monoisotopic (exact) mass is 333 g/mol. The van der Waals surface area contributed by atoms with E-state index in [-0.39, 0.29) is 20.9 Å². The molecular weight excluding hydrogens is 314 g/mol. The van der Waals surface area contributed by atoms with Crippen LogP contribution in [-0.4, -0.2) is 25.0 Å². The van der Waals surface area contributed by atoms with E-state index in [0.717, 1.165) is 5.69 Å². The molecule has 23 heavy (non-hydrogen) atoms. The molecule has 0 amide bonds. The fraction of sp³-hybridized carbons (Fsp3) is 0.235. The van der Waals surface area contributed by atoms with Crippen LogP contribution < -0.4 is 5.32 Å². The number of anilines is 1. The van der Waals surface area contributed by atoms with Gasteiger partial charge in [0.25, 0.3) is 0 Å². The van der Waals surface area contributed by atoms with Crippen molar-refractivity contribution >= 4 is 21.5 Å². The van der Waals surface area contributed by atoms with Crippen molar-refractivity contribution in [3.63, 3.8) is 0 Å². The van der Waals surface area contributed by atoms with Gasteiger partial charge in [0.2, 0.25) is 9.84 Å². The summed E-state index contributed by atoms with van der Waals surface area (Å²) in [7, 11) is -3.66. The first kappa shape index (κ1) is 17.0. The van der Waals surface area contributed by atoms with Crippen molar-refractivity contribution in [3.8, 4) is 0 Å². The Hall–Kier alpha value is -2.34. The fourth-order valence-electron chi connectivity index (χ4n) is 2.06. The van der Waals surface area contributed by atoms with Gasteiger partial charge in [-0.15, -0.1) is 0 Å². The Morgan fingerprint density at radius 3 is 1.74 bits per heavy atom. The van der Waals surface area contributed by atoms with Crippen LogP contribution in [0.25, 0.3) is 0 Å². The Kier molecular flexibility index (Phi) is 4.47. The van der Waals surface area contributed by atoms with Crippen molar-refractivity contribution in [2.75, 3.05) is 5.32 Å². The first-order valence-corrected chi connectivity index (χ1v) is 8.55. The Morgan fingerprint density at radius 2 is 1.35 bits per heavy atom. The molecule has 0 bridgehead atoms. The van der Waals surface area contributed by atoms with Crippen molar-refractivity contribution in [2.24, 2.45) is 0 Å². The second-order valence-corrected chi connectivity index (χ2v) is 8.18. The molecule has 2 N–H and O–H groups in total. The average molecular weight is 333 g/mol. The molecule has 0 fully saturated rings. The largest absolute Gasteiger partial charge is 0.478 e. The third kappa shape index (κ3) is 4.10. The summed E-state index contributed by atoms with van der Waals surface area (Å²) in [5.41, 5.74) is 0.763. The maximum atomic E-state index is 12.5. The fourth-order valence-corrected chi connectivity index (χ4v) is 3.32. The number of aromatic carboxylic acids is 1. The number of carboxylic acids is 1. The van der Waals surface area contributed by atoms with Gasteiger partial charge in [-0.2, -0.15) is 0 Å². The van der Waals surface area contributed by atoms with Crippen LogP contribution in [0.3, 0.4) is 0 Å². The van der Waals surface area contributed by atoms with Crippen LogP contribution in [0.4, 0.5) is 5.69 Å². The first-order chi connectivity index (χ1) is 10.6. The Labute approximate surface area is 135 Å². The van der Waals surface area contributed by atoms with E-state index >= 15 is 0 Å². The molecule has 0 heterocycles. The molecule has 2 rings (SSSR count). The van der Waals surface area contributed by atoms with Gasteiger partial charge in [0.05, 0.1) is 15.4 Å². The van der Waals surface area contributed by atoms with E-state index in [4.69, 9.17) is 5.11 Å². The van der Waals surface area contributed by atoms with Crippen LogP contribution in [-0.2, 0) is 9.84 Å². The summed E-state index contributed by atoms with van der Waals surface area (Å²) in [6.45, 7) is 6.05. The molecule has 0 aliphatic heterocycles. The number of carboxylic acid groups (broad SMARTS) is 1. The quantitative estimate of drug-likeness (QED) is 0.895. The van der Waals surface area contributed by atoms with E-state index < -0.39 is 15.8 Å². The van der Waals surface area contributed by atoms with Crippen molar-refractivity contribution in [2.45, 2.75) is 36.1 Å². The van der Waals surface area contributed by atoms with Crippen LogP contribution >= 0.6 is 0 Å². The number of carbonyl (C=O) groups is 1.